The van der Waals surface area contributed by atoms with Crippen LogP contribution in [0, 0.1) is 0 Å². The summed E-state index contributed by atoms with van der Waals surface area (Å²) in [6.07, 6.45) is 3.17. The van der Waals surface area contributed by atoms with E-state index in [0.717, 1.165) is 0 Å². The number of aromatic nitrogens is 1. The van der Waals surface area contributed by atoms with Crippen LogP contribution in [0.1, 0.15) is 17.0 Å². The van der Waals surface area contributed by atoms with Crippen molar-refractivity contribution in [3.05, 3.63) is 89.1 Å². The summed E-state index contributed by atoms with van der Waals surface area (Å²) >= 11 is 5.96. The number of pyridine rings is 1. The Morgan fingerprint density at radius 1 is 1.04 bits per heavy atom. The van der Waals surface area contributed by atoms with E-state index in [0.29, 0.717) is 22.0 Å². The minimum atomic E-state index is -3.59. The van der Waals surface area contributed by atoms with Gasteiger partial charge in [-0.25, -0.2) is 8.42 Å². The van der Waals surface area contributed by atoms with Gasteiger partial charge in [0.05, 0.1) is 30.8 Å². The first-order valence-corrected chi connectivity index (χ1v) is 9.66. The van der Waals surface area contributed by atoms with Crippen molar-refractivity contribution in [2.24, 2.45) is 0 Å². The van der Waals surface area contributed by atoms with Crippen molar-refractivity contribution in [2.75, 3.05) is 0 Å². The van der Waals surface area contributed by atoms with E-state index in [9.17, 15) is 8.42 Å². The summed E-state index contributed by atoms with van der Waals surface area (Å²) < 4.78 is 32.6. The van der Waals surface area contributed by atoms with E-state index in [4.69, 9.17) is 16.0 Å². The van der Waals surface area contributed by atoms with Gasteiger partial charge in [0.1, 0.15) is 5.76 Å². The number of hydrogen-bond donors (Lipinski definition) is 0. The van der Waals surface area contributed by atoms with Crippen molar-refractivity contribution in [3.63, 3.8) is 0 Å². The molecule has 7 heteroatoms. The maximum atomic E-state index is 13.0. The average molecular weight is 377 g/mol. The fourth-order valence-electron chi connectivity index (χ4n) is 2.43. The van der Waals surface area contributed by atoms with Crippen molar-refractivity contribution in [1.29, 1.82) is 0 Å². The molecule has 0 unspecified atom stereocenters. The standard InChI is InChI=1S/C18H17ClN2O3S/c19-16-6-3-5-15(11-16)14-25(22,23)21(13-18-8-4-10-24-18)12-17-7-1-2-9-20-17/h1-11H,12-14H2. The lowest BCUT2D eigenvalue weighted by molar-refractivity contribution is 0.355. The Labute approximate surface area is 151 Å². The van der Waals surface area contributed by atoms with Gasteiger partial charge < -0.3 is 4.42 Å². The van der Waals surface area contributed by atoms with Crippen LogP contribution in [-0.2, 0) is 28.9 Å². The van der Waals surface area contributed by atoms with E-state index in [1.807, 2.05) is 6.07 Å². The second kappa shape index (κ2) is 7.82. The van der Waals surface area contributed by atoms with Gasteiger partial charge in [-0.15, -0.1) is 0 Å². The average Bonchev–Trinajstić information content (AvgIpc) is 3.08. The molecule has 1 aromatic carbocycles. The third-order valence-electron chi connectivity index (χ3n) is 3.61. The molecule has 0 saturated heterocycles. The number of benzene rings is 1. The maximum absolute atomic E-state index is 13.0. The lowest BCUT2D eigenvalue weighted by Gasteiger charge is -2.21. The molecule has 0 saturated carbocycles. The Bertz CT molecular complexity index is 913. The normalized spacial score (nSPS) is 11.8. The number of sulfonamides is 1. The third-order valence-corrected chi connectivity index (χ3v) is 5.59. The van der Waals surface area contributed by atoms with Gasteiger partial charge in [-0.05, 0) is 42.0 Å². The predicted molar refractivity (Wildman–Crippen MR) is 96.3 cm³/mol. The monoisotopic (exact) mass is 376 g/mol. The SMILES string of the molecule is O=S(=O)(Cc1cccc(Cl)c1)N(Cc1ccccn1)Cc1ccco1. The smallest absolute Gasteiger partial charge is 0.219 e. The number of nitrogens with zero attached hydrogens (tertiary/aromatic N) is 2. The molecular weight excluding hydrogens is 360 g/mol. The molecule has 0 fully saturated rings. The minimum Gasteiger partial charge on any atom is -0.468 e. The van der Waals surface area contributed by atoms with Crippen molar-refractivity contribution < 1.29 is 12.8 Å². The number of furan rings is 1. The summed E-state index contributed by atoms with van der Waals surface area (Å²) in [5.74, 6) is 0.437. The van der Waals surface area contributed by atoms with Crippen LogP contribution >= 0.6 is 11.6 Å². The topological polar surface area (TPSA) is 63.4 Å². The maximum Gasteiger partial charge on any atom is 0.219 e. The Hall–Kier alpha value is -2.15. The first kappa shape index (κ1) is 17.7. The molecule has 3 rings (SSSR count). The molecule has 0 aliphatic rings. The van der Waals surface area contributed by atoms with Crippen LogP contribution in [0.15, 0.2) is 71.5 Å². The highest BCUT2D eigenvalue weighted by atomic mass is 35.5. The van der Waals surface area contributed by atoms with Crippen LogP contribution in [0.5, 0.6) is 0 Å². The first-order valence-electron chi connectivity index (χ1n) is 7.67. The molecule has 130 valence electrons. The number of halogens is 1. The zero-order valence-corrected chi connectivity index (χ0v) is 14.9. The second-order valence-electron chi connectivity index (χ2n) is 5.55. The van der Waals surface area contributed by atoms with Gasteiger partial charge >= 0.3 is 0 Å². The summed E-state index contributed by atoms with van der Waals surface area (Å²) in [6, 6.07) is 15.8. The van der Waals surface area contributed by atoms with Gasteiger partial charge in [-0.2, -0.15) is 4.31 Å². The fourth-order valence-corrected chi connectivity index (χ4v) is 4.08. The molecule has 25 heavy (non-hydrogen) atoms. The van der Waals surface area contributed by atoms with Crippen LogP contribution in [0.4, 0.5) is 0 Å². The number of hydrogen-bond acceptors (Lipinski definition) is 4. The summed E-state index contributed by atoms with van der Waals surface area (Å²) in [5, 5.41) is 0.509. The molecule has 5 nitrogen and oxygen atoms in total. The summed E-state index contributed by atoms with van der Waals surface area (Å²) in [4.78, 5) is 4.22. The van der Waals surface area contributed by atoms with E-state index in [2.05, 4.69) is 4.98 Å². The van der Waals surface area contributed by atoms with Crippen LogP contribution < -0.4 is 0 Å². The molecule has 3 aromatic rings. The molecule has 0 bridgehead atoms. The highest BCUT2D eigenvalue weighted by Gasteiger charge is 2.24. The molecule has 2 heterocycles. The van der Waals surface area contributed by atoms with Gasteiger partial charge in [0, 0.05) is 11.2 Å². The molecule has 0 aliphatic heterocycles. The van der Waals surface area contributed by atoms with E-state index in [-0.39, 0.29) is 18.8 Å². The summed E-state index contributed by atoms with van der Waals surface area (Å²) in [5.41, 5.74) is 1.31. The van der Waals surface area contributed by atoms with Crippen LogP contribution in [-0.4, -0.2) is 17.7 Å². The van der Waals surface area contributed by atoms with E-state index < -0.39 is 10.0 Å². The fraction of sp³-hybridized carbons (Fsp3) is 0.167. The highest BCUT2D eigenvalue weighted by Crippen LogP contribution is 2.19. The lowest BCUT2D eigenvalue weighted by Crippen LogP contribution is -2.31. The summed E-state index contributed by atoms with van der Waals surface area (Å²) in [6.45, 7) is 0.316. The molecular formula is C18H17ClN2O3S. The Morgan fingerprint density at radius 3 is 2.60 bits per heavy atom. The predicted octanol–water partition coefficient (Wildman–Crippen LogP) is 3.86. The zero-order valence-electron chi connectivity index (χ0n) is 13.4. The molecule has 2 aromatic heterocycles. The van der Waals surface area contributed by atoms with Gasteiger partial charge in [0.15, 0.2) is 0 Å². The molecule has 0 aliphatic carbocycles. The summed E-state index contributed by atoms with van der Waals surface area (Å²) in [7, 11) is -3.59. The van der Waals surface area contributed by atoms with Crippen molar-refractivity contribution in [2.45, 2.75) is 18.8 Å². The zero-order chi connectivity index (χ0) is 17.7. The van der Waals surface area contributed by atoms with Crippen LogP contribution in [0.25, 0.3) is 0 Å². The van der Waals surface area contributed by atoms with Gasteiger partial charge in [-0.3, -0.25) is 4.98 Å². The number of rotatable bonds is 7. The second-order valence-corrected chi connectivity index (χ2v) is 7.96. The van der Waals surface area contributed by atoms with E-state index in [1.165, 1.54) is 10.6 Å². The quantitative estimate of drug-likeness (QED) is 0.628. The molecule has 0 amide bonds. The molecule has 0 spiro atoms. The molecule has 0 atom stereocenters. The van der Waals surface area contributed by atoms with Crippen molar-refractivity contribution in [1.82, 2.24) is 9.29 Å². The molecule has 0 radical (unpaired) electrons. The van der Waals surface area contributed by atoms with E-state index >= 15 is 0 Å². The van der Waals surface area contributed by atoms with Crippen molar-refractivity contribution in [3.8, 4) is 0 Å². The first-order chi connectivity index (χ1) is 12.0. The van der Waals surface area contributed by atoms with Crippen LogP contribution in [0.2, 0.25) is 5.02 Å². The van der Waals surface area contributed by atoms with Crippen LogP contribution in [0.3, 0.4) is 0 Å². The van der Waals surface area contributed by atoms with Gasteiger partial charge in [0.2, 0.25) is 10.0 Å². The van der Waals surface area contributed by atoms with E-state index in [1.54, 1.807) is 54.7 Å². The van der Waals surface area contributed by atoms with Gasteiger partial charge in [0.25, 0.3) is 0 Å². The lowest BCUT2D eigenvalue weighted by atomic mass is 10.2. The minimum absolute atomic E-state index is 0.138. The Kier molecular flexibility index (Phi) is 5.53. The Balaban J connectivity index is 1.86. The molecule has 0 N–H and O–H groups in total. The third kappa shape index (κ3) is 4.92. The largest absolute Gasteiger partial charge is 0.468 e. The van der Waals surface area contributed by atoms with Crippen molar-refractivity contribution >= 4 is 21.6 Å². The Morgan fingerprint density at radius 2 is 1.92 bits per heavy atom. The highest BCUT2D eigenvalue weighted by molar-refractivity contribution is 7.88. The van der Waals surface area contributed by atoms with Gasteiger partial charge in [-0.1, -0.05) is 29.8 Å².